The molecule has 4 aliphatic heterocycles. The Labute approximate surface area is 266 Å². The van der Waals surface area contributed by atoms with E-state index in [9.17, 15) is 0 Å². The molecular formula is C40H52N4. The molecule has 232 valence electrons. The van der Waals surface area contributed by atoms with Crippen molar-refractivity contribution >= 4 is 5.57 Å². The van der Waals surface area contributed by atoms with Crippen molar-refractivity contribution in [3.63, 3.8) is 0 Å². The van der Waals surface area contributed by atoms with E-state index in [1.807, 2.05) is 0 Å². The van der Waals surface area contributed by atoms with Gasteiger partial charge in [0.15, 0.2) is 0 Å². The number of benzene rings is 2. The fourth-order valence-corrected chi connectivity index (χ4v) is 8.60. The maximum Gasteiger partial charge on any atom is 0.0544 e. The topological polar surface area (TPSA) is 21.8 Å². The van der Waals surface area contributed by atoms with Gasteiger partial charge in [0, 0.05) is 56.0 Å². The molecule has 5 aliphatic rings. The summed E-state index contributed by atoms with van der Waals surface area (Å²) in [6.07, 6.45) is 12.2. The number of hydrogen-bond acceptors (Lipinski definition) is 4. The first-order chi connectivity index (χ1) is 21.3. The zero-order valence-electron chi connectivity index (χ0n) is 27.4. The van der Waals surface area contributed by atoms with Gasteiger partial charge >= 0.3 is 0 Å². The average Bonchev–Trinajstić information content (AvgIpc) is 2.98. The molecule has 1 N–H and O–H groups in total. The molecule has 44 heavy (non-hydrogen) atoms. The van der Waals surface area contributed by atoms with Gasteiger partial charge in [0.25, 0.3) is 0 Å². The maximum atomic E-state index is 4.55. The summed E-state index contributed by atoms with van der Waals surface area (Å²) in [6.45, 7) is 18.8. The van der Waals surface area contributed by atoms with Crippen LogP contribution in [0.15, 0.2) is 89.8 Å². The average molecular weight is 589 g/mol. The minimum Gasteiger partial charge on any atom is -0.385 e. The van der Waals surface area contributed by atoms with Gasteiger partial charge in [-0.2, -0.15) is 0 Å². The van der Waals surface area contributed by atoms with Crippen molar-refractivity contribution in [2.24, 2.45) is 11.3 Å². The van der Waals surface area contributed by atoms with Crippen LogP contribution in [0.1, 0.15) is 73.6 Å². The van der Waals surface area contributed by atoms with E-state index in [2.05, 4.69) is 108 Å². The van der Waals surface area contributed by atoms with Crippen LogP contribution in [0.5, 0.6) is 0 Å². The number of nitrogens with zero attached hydrogens (tertiary/aromatic N) is 3. The molecule has 1 spiro atoms. The Morgan fingerprint density at radius 1 is 0.955 bits per heavy atom. The van der Waals surface area contributed by atoms with E-state index in [-0.39, 0.29) is 0 Å². The lowest BCUT2D eigenvalue weighted by atomic mass is 9.59. The smallest absolute Gasteiger partial charge is 0.0544 e. The highest BCUT2D eigenvalue weighted by Gasteiger charge is 2.49. The van der Waals surface area contributed by atoms with Gasteiger partial charge in [-0.1, -0.05) is 79.6 Å². The van der Waals surface area contributed by atoms with E-state index < -0.39 is 0 Å². The molecule has 1 aliphatic carbocycles. The fourth-order valence-electron chi connectivity index (χ4n) is 8.60. The molecule has 4 heterocycles. The molecule has 2 aromatic carbocycles. The maximum absolute atomic E-state index is 4.55. The molecule has 0 bridgehead atoms. The summed E-state index contributed by atoms with van der Waals surface area (Å²) in [5, 5.41) is 3.55. The van der Waals surface area contributed by atoms with E-state index in [0.717, 1.165) is 18.9 Å². The minimum absolute atomic E-state index is 0.419. The predicted octanol–water partition coefficient (Wildman–Crippen LogP) is 7.36. The van der Waals surface area contributed by atoms with Crippen molar-refractivity contribution in [2.75, 3.05) is 59.4 Å². The molecule has 0 amide bonds. The molecule has 0 radical (unpaired) electrons. The molecule has 4 nitrogen and oxygen atoms in total. The molecule has 4 fully saturated rings. The lowest BCUT2D eigenvalue weighted by molar-refractivity contribution is -0.0106. The van der Waals surface area contributed by atoms with Crippen LogP contribution in [-0.4, -0.2) is 74.1 Å². The van der Waals surface area contributed by atoms with Gasteiger partial charge in [0.05, 0.1) is 6.54 Å². The Kier molecular flexibility index (Phi) is 8.33. The van der Waals surface area contributed by atoms with Crippen LogP contribution >= 0.6 is 0 Å². The summed E-state index contributed by atoms with van der Waals surface area (Å²) in [5.41, 5.74) is 13.0. The molecular weight excluding hydrogens is 536 g/mol. The second kappa shape index (κ2) is 12.4. The van der Waals surface area contributed by atoms with Crippen LogP contribution in [0.25, 0.3) is 5.57 Å². The Hall–Kier alpha value is -3.08. The minimum atomic E-state index is 0.419. The largest absolute Gasteiger partial charge is 0.385 e. The summed E-state index contributed by atoms with van der Waals surface area (Å²) < 4.78 is 0. The highest BCUT2D eigenvalue weighted by molar-refractivity contribution is 5.83. The molecule has 0 aromatic heterocycles. The van der Waals surface area contributed by atoms with Gasteiger partial charge < -0.3 is 20.0 Å². The van der Waals surface area contributed by atoms with Crippen molar-refractivity contribution in [2.45, 2.75) is 58.3 Å². The van der Waals surface area contributed by atoms with Gasteiger partial charge in [-0.25, -0.2) is 0 Å². The van der Waals surface area contributed by atoms with Crippen LogP contribution in [0.4, 0.5) is 0 Å². The molecule has 1 saturated carbocycles. The van der Waals surface area contributed by atoms with Crippen molar-refractivity contribution < 1.29 is 0 Å². The SMILES string of the molecule is C=C(C[C@H](C)c1ccc(C(=C2CC3(C2)CN(C)C3)c2ccc(C)cc2)cc1)C1=CNCC(N2CC(CN3CCCCC3)C2)=C1. The number of allylic oxidation sites excluding steroid dienone is 4. The Bertz CT molecular complexity index is 1430. The van der Waals surface area contributed by atoms with Crippen molar-refractivity contribution in [3.8, 4) is 0 Å². The second-order valence-electron chi connectivity index (χ2n) is 14.9. The molecule has 2 aromatic rings. The van der Waals surface area contributed by atoms with Gasteiger partial charge in [0.1, 0.15) is 0 Å². The van der Waals surface area contributed by atoms with E-state index >= 15 is 0 Å². The first-order valence-electron chi connectivity index (χ1n) is 17.2. The molecule has 4 heteroatoms. The van der Waals surface area contributed by atoms with E-state index in [1.54, 1.807) is 5.57 Å². The van der Waals surface area contributed by atoms with Crippen LogP contribution in [0, 0.1) is 18.3 Å². The second-order valence-corrected chi connectivity index (χ2v) is 14.9. The van der Waals surface area contributed by atoms with Gasteiger partial charge in [-0.05, 0) is 105 Å². The lowest BCUT2D eigenvalue weighted by Crippen LogP contribution is -2.58. The number of aryl methyl sites for hydroxylation is 1. The van der Waals surface area contributed by atoms with Crippen LogP contribution < -0.4 is 5.32 Å². The Morgan fingerprint density at radius 3 is 2.27 bits per heavy atom. The normalized spacial score (nSPS) is 22.7. The van der Waals surface area contributed by atoms with Crippen molar-refractivity contribution in [1.82, 2.24) is 20.0 Å². The highest BCUT2D eigenvalue weighted by Crippen LogP contribution is 2.54. The third-order valence-electron chi connectivity index (χ3n) is 11.0. The van der Waals surface area contributed by atoms with Gasteiger partial charge in [-0.15, -0.1) is 0 Å². The number of hydrogen-bond donors (Lipinski definition) is 1. The third kappa shape index (κ3) is 6.21. The zero-order valence-corrected chi connectivity index (χ0v) is 27.4. The monoisotopic (exact) mass is 588 g/mol. The number of dihydropyridines is 1. The lowest BCUT2D eigenvalue weighted by Gasteiger charge is -2.56. The molecule has 1 atom stereocenters. The number of likely N-dealkylation sites (tertiary alicyclic amines) is 3. The first kappa shape index (κ1) is 29.6. The first-order valence-corrected chi connectivity index (χ1v) is 17.2. The van der Waals surface area contributed by atoms with Crippen molar-refractivity contribution in [3.05, 3.63) is 112 Å². The predicted molar refractivity (Wildman–Crippen MR) is 185 cm³/mol. The summed E-state index contributed by atoms with van der Waals surface area (Å²) in [4.78, 5) is 7.73. The van der Waals surface area contributed by atoms with Crippen LogP contribution in [-0.2, 0) is 0 Å². The molecule has 7 rings (SSSR count). The highest BCUT2D eigenvalue weighted by atomic mass is 15.2. The quantitative estimate of drug-likeness (QED) is 0.330. The summed E-state index contributed by atoms with van der Waals surface area (Å²) >= 11 is 0. The zero-order chi connectivity index (χ0) is 30.3. The number of nitrogens with one attached hydrogen (secondary N) is 1. The summed E-state index contributed by atoms with van der Waals surface area (Å²) in [7, 11) is 2.25. The summed E-state index contributed by atoms with van der Waals surface area (Å²) in [5.74, 6) is 1.24. The van der Waals surface area contributed by atoms with E-state index in [0.29, 0.717) is 11.3 Å². The Morgan fingerprint density at radius 2 is 1.61 bits per heavy atom. The molecule has 3 saturated heterocycles. The Balaban J connectivity index is 0.979. The van der Waals surface area contributed by atoms with Crippen LogP contribution in [0.2, 0.25) is 0 Å². The van der Waals surface area contributed by atoms with Gasteiger partial charge in [-0.3, -0.25) is 0 Å². The van der Waals surface area contributed by atoms with E-state index in [4.69, 9.17) is 0 Å². The van der Waals surface area contributed by atoms with Gasteiger partial charge in [0.2, 0.25) is 0 Å². The number of piperidine rings is 1. The van der Waals surface area contributed by atoms with Crippen molar-refractivity contribution in [1.29, 1.82) is 0 Å². The summed E-state index contributed by atoms with van der Waals surface area (Å²) in [6, 6.07) is 18.6. The third-order valence-corrected chi connectivity index (χ3v) is 11.0. The standard InChI is InChI=1S/C40H52N4/c1-29-8-10-34(11-9-29)39(37-20-40(21-37)27-42(4)28-40)35-14-12-33(13-15-35)30(2)18-31(3)36-19-38(23-41-22-36)44-25-32(26-44)24-43-16-6-5-7-17-43/h8-15,19,22,30,32,41H,3,5-7,16-18,20-21,23-28H2,1-2,4H3/t30-/m0/s1. The fraction of sp³-hybridized carbons (Fsp3) is 0.500. The van der Waals surface area contributed by atoms with E-state index in [1.165, 1.54) is 123 Å². The van der Waals surface area contributed by atoms with Crippen LogP contribution in [0.3, 0.4) is 0 Å². The number of rotatable bonds is 9. The molecule has 0 unspecified atom stereocenters.